The lowest BCUT2D eigenvalue weighted by atomic mass is 10.7. The summed E-state index contributed by atoms with van der Waals surface area (Å²) in [4.78, 5) is 20.6. The molecule has 62 valence electrons. The van der Waals surface area contributed by atoms with Crippen LogP contribution in [0.3, 0.4) is 0 Å². The zero-order valence-electron chi connectivity index (χ0n) is 5.76. The van der Waals surface area contributed by atoms with Gasteiger partial charge >= 0.3 is 7.60 Å². The summed E-state index contributed by atoms with van der Waals surface area (Å²) in [6, 6.07) is 0. The third-order valence-corrected chi connectivity index (χ3v) is 1.59. The maximum atomic E-state index is 10.4. The van der Waals surface area contributed by atoms with Gasteiger partial charge in [-0.1, -0.05) is 5.16 Å². The van der Waals surface area contributed by atoms with Gasteiger partial charge in [-0.3, -0.25) is 4.57 Å². The van der Waals surface area contributed by atoms with Gasteiger partial charge in [-0.15, -0.1) is 0 Å². The van der Waals surface area contributed by atoms with E-state index in [9.17, 15) is 4.57 Å². The molecule has 0 spiro atoms. The molecule has 1 heterocycles. The van der Waals surface area contributed by atoms with E-state index in [0.29, 0.717) is 5.82 Å². The van der Waals surface area contributed by atoms with Gasteiger partial charge in [0.2, 0.25) is 5.89 Å². The number of hydrogen-bond acceptors (Lipinski definition) is 4. The van der Waals surface area contributed by atoms with E-state index < -0.39 is 13.8 Å². The first-order chi connectivity index (χ1) is 4.97. The zero-order valence-corrected chi connectivity index (χ0v) is 6.65. The van der Waals surface area contributed by atoms with Crippen molar-refractivity contribution >= 4 is 7.60 Å². The van der Waals surface area contributed by atoms with Crippen LogP contribution in [-0.4, -0.2) is 19.9 Å². The molecule has 0 aliphatic heterocycles. The molecular weight excluding hydrogens is 171 g/mol. The molecule has 0 saturated heterocycles. The number of nitrogens with zero attached hydrogens (tertiary/aromatic N) is 2. The van der Waals surface area contributed by atoms with Crippen LogP contribution >= 0.6 is 7.60 Å². The van der Waals surface area contributed by atoms with Crippen LogP contribution in [-0.2, 0) is 10.7 Å². The summed E-state index contributed by atoms with van der Waals surface area (Å²) in [5.41, 5.74) is 0. The van der Waals surface area contributed by atoms with Crippen molar-refractivity contribution < 1.29 is 18.9 Å². The van der Waals surface area contributed by atoms with Crippen molar-refractivity contribution in [3.63, 3.8) is 0 Å². The van der Waals surface area contributed by atoms with Gasteiger partial charge in [-0.25, -0.2) is 0 Å². The molecule has 0 fully saturated rings. The number of aryl methyl sites for hydroxylation is 1. The van der Waals surface area contributed by atoms with Crippen LogP contribution < -0.4 is 0 Å². The Labute approximate surface area is 62.4 Å². The Bertz CT molecular complexity index is 290. The van der Waals surface area contributed by atoms with E-state index >= 15 is 0 Å². The van der Waals surface area contributed by atoms with E-state index in [1.807, 2.05) is 0 Å². The Morgan fingerprint density at radius 3 is 2.64 bits per heavy atom. The molecule has 2 N–H and O–H groups in total. The molecule has 6 nitrogen and oxygen atoms in total. The van der Waals surface area contributed by atoms with Crippen molar-refractivity contribution in [2.45, 2.75) is 13.1 Å². The van der Waals surface area contributed by atoms with Gasteiger partial charge in [-0.05, 0) is 6.92 Å². The first-order valence-corrected chi connectivity index (χ1v) is 4.61. The average molecular weight is 178 g/mol. The van der Waals surface area contributed by atoms with Crippen LogP contribution in [0.1, 0.15) is 11.7 Å². The first-order valence-electron chi connectivity index (χ1n) is 2.81. The van der Waals surface area contributed by atoms with Gasteiger partial charge in [0, 0.05) is 0 Å². The maximum absolute atomic E-state index is 10.4. The molecule has 0 atom stereocenters. The minimum atomic E-state index is -4.07. The number of rotatable bonds is 2. The molecule has 0 bridgehead atoms. The molecular formula is C4H7N2O4P. The van der Waals surface area contributed by atoms with Crippen molar-refractivity contribution in [3.05, 3.63) is 11.7 Å². The molecule has 1 rings (SSSR count). The van der Waals surface area contributed by atoms with Crippen LogP contribution in [0.25, 0.3) is 0 Å². The minimum Gasteiger partial charge on any atom is -0.339 e. The topological polar surface area (TPSA) is 96.5 Å². The van der Waals surface area contributed by atoms with E-state index in [0.717, 1.165) is 0 Å². The third-order valence-electron chi connectivity index (χ3n) is 0.911. The predicted octanol–water partition coefficient (Wildman–Crippen LogP) is 0.0557. The van der Waals surface area contributed by atoms with Gasteiger partial charge in [0.05, 0.1) is 0 Å². The summed E-state index contributed by atoms with van der Waals surface area (Å²) >= 11 is 0. The summed E-state index contributed by atoms with van der Waals surface area (Å²) in [6.07, 6.45) is -0.492. The highest BCUT2D eigenvalue weighted by Crippen LogP contribution is 2.38. The van der Waals surface area contributed by atoms with E-state index in [4.69, 9.17) is 9.79 Å². The fourth-order valence-electron chi connectivity index (χ4n) is 0.580. The molecule has 7 heteroatoms. The highest BCUT2D eigenvalue weighted by Gasteiger charge is 2.18. The van der Waals surface area contributed by atoms with Crippen LogP contribution in [0, 0.1) is 6.92 Å². The zero-order chi connectivity index (χ0) is 8.48. The van der Waals surface area contributed by atoms with Crippen molar-refractivity contribution in [1.82, 2.24) is 10.1 Å². The highest BCUT2D eigenvalue weighted by atomic mass is 31.2. The van der Waals surface area contributed by atoms with Crippen molar-refractivity contribution in [2.24, 2.45) is 0 Å². The van der Waals surface area contributed by atoms with Gasteiger partial charge in [0.15, 0.2) is 5.82 Å². The molecule has 11 heavy (non-hydrogen) atoms. The first kappa shape index (κ1) is 8.39. The van der Waals surface area contributed by atoms with Crippen molar-refractivity contribution in [1.29, 1.82) is 0 Å². The van der Waals surface area contributed by atoms with E-state index in [-0.39, 0.29) is 5.89 Å². The molecule has 1 aromatic rings. The minimum absolute atomic E-state index is 0.0316. The summed E-state index contributed by atoms with van der Waals surface area (Å²) in [5, 5.41) is 3.37. The van der Waals surface area contributed by atoms with Crippen molar-refractivity contribution in [3.8, 4) is 0 Å². The lowest BCUT2D eigenvalue weighted by molar-refractivity contribution is 0.347. The maximum Gasteiger partial charge on any atom is 0.334 e. The average Bonchev–Trinajstić information content (AvgIpc) is 2.10. The van der Waals surface area contributed by atoms with Gasteiger partial charge in [0.1, 0.15) is 6.16 Å². The van der Waals surface area contributed by atoms with Crippen LogP contribution in [0.15, 0.2) is 4.52 Å². The van der Waals surface area contributed by atoms with Crippen LogP contribution in [0.2, 0.25) is 0 Å². The summed E-state index contributed by atoms with van der Waals surface area (Å²) in [7, 11) is -4.07. The van der Waals surface area contributed by atoms with E-state index in [2.05, 4.69) is 14.7 Å². The second-order valence-electron chi connectivity index (χ2n) is 2.06. The molecule has 0 aliphatic carbocycles. The SMILES string of the molecule is Cc1noc(CP(=O)(O)O)n1. The molecule has 0 unspecified atom stereocenters. The van der Waals surface area contributed by atoms with Crippen molar-refractivity contribution in [2.75, 3.05) is 0 Å². The monoisotopic (exact) mass is 178 g/mol. The largest absolute Gasteiger partial charge is 0.339 e. The van der Waals surface area contributed by atoms with Gasteiger partial charge in [0.25, 0.3) is 0 Å². The smallest absolute Gasteiger partial charge is 0.334 e. The highest BCUT2D eigenvalue weighted by molar-refractivity contribution is 7.50. The fraction of sp³-hybridized carbons (Fsp3) is 0.500. The van der Waals surface area contributed by atoms with Gasteiger partial charge < -0.3 is 14.3 Å². The number of hydrogen-bond donors (Lipinski definition) is 2. The standard InChI is InChI=1S/C4H7N2O4P/c1-3-5-4(10-6-3)2-11(7,8)9/h2H2,1H3,(H2,7,8,9). The third kappa shape index (κ3) is 2.80. The molecule has 0 aliphatic rings. The Morgan fingerprint density at radius 1 is 1.64 bits per heavy atom. The van der Waals surface area contributed by atoms with Gasteiger partial charge in [-0.2, -0.15) is 4.98 Å². The Balaban J connectivity index is 2.73. The predicted molar refractivity (Wildman–Crippen MR) is 34.8 cm³/mol. The Hall–Kier alpha value is -0.710. The molecule has 1 aromatic heterocycles. The fourth-order valence-corrected chi connectivity index (χ4v) is 1.06. The summed E-state index contributed by atoms with van der Waals surface area (Å²) in [6.45, 7) is 1.58. The quantitative estimate of drug-likeness (QED) is 0.621. The molecule has 0 saturated carbocycles. The molecule has 0 aromatic carbocycles. The van der Waals surface area contributed by atoms with E-state index in [1.165, 1.54) is 0 Å². The number of aromatic nitrogens is 2. The van der Waals surface area contributed by atoms with Crippen LogP contribution in [0.5, 0.6) is 0 Å². The molecule has 0 amide bonds. The lowest BCUT2D eigenvalue weighted by Gasteiger charge is -1.96. The Kier molecular flexibility index (Phi) is 2.08. The normalized spacial score (nSPS) is 11.9. The van der Waals surface area contributed by atoms with Crippen LogP contribution in [0.4, 0.5) is 0 Å². The second-order valence-corrected chi connectivity index (χ2v) is 3.70. The summed E-state index contributed by atoms with van der Waals surface area (Å²) in [5.74, 6) is 0.337. The second kappa shape index (κ2) is 2.73. The van der Waals surface area contributed by atoms with E-state index in [1.54, 1.807) is 6.92 Å². The molecule has 0 radical (unpaired) electrons. The Morgan fingerprint density at radius 2 is 2.27 bits per heavy atom. The lowest BCUT2D eigenvalue weighted by Crippen LogP contribution is -1.86. The summed E-state index contributed by atoms with van der Waals surface area (Å²) < 4.78 is 14.9.